The second-order valence-electron chi connectivity index (χ2n) is 5.97. The van der Waals surface area contributed by atoms with Crippen LogP contribution < -0.4 is 10.6 Å². The fraction of sp³-hybridized carbons (Fsp3) is 0.105. The number of amides is 1. The average molecular weight is 366 g/mol. The first kappa shape index (κ1) is 16.4. The van der Waals surface area contributed by atoms with E-state index >= 15 is 0 Å². The third-order valence-corrected chi connectivity index (χ3v) is 4.47. The zero-order valence-corrected chi connectivity index (χ0v) is 14.7. The number of aromatic nitrogens is 3. The molecule has 1 aromatic heterocycles. The van der Waals surface area contributed by atoms with Gasteiger partial charge >= 0.3 is 0 Å². The molecule has 26 heavy (non-hydrogen) atoms. The van der Waals surface area contributed by atoms with Crippen molar-refractivity contribution in [3.05, 3.63) is 82.8 Å². The van der Waals surface area contributed by atoms with Crippen LogP contribution in [0, 0.1) is 0 Å². The Hall–Kier alpha value is -3.12. The number of hydrogen-bond donors (Lipinski definition) is 2. The Morgan fingerprint density at radius 1 is 1.19 bits per heavy atom. The van der Waals surface area contributed by atoms with Gasteiger partial charge in [0.05, 0.1) is 5.57 Å². The molecule has 0 saturated carbocycles. The molecule has 0 radical (unpaired) electrons. The molecule has 1 aliphatic heterocycles. The highest BCUT2D eigenvalue weighted by atomic mass is 35.5. The van der Waals surface area contributed by atoms with Gasteiger partial charge in [-0.25, -0.2) is 4.68 Å². The van der Waals surface area contributed by atoms with E-state index in [4.69, 9.17) is 11.6 Å². The van der Waals surface area contributed by atoms with Gasteiger partial charge in [-0.15, -0.1) is 0 Å². The summed E-state index contributed by atoms with van der Waals surface area (Å²) < 4.78 is 1.69. The van der Waals surface area contributed by atoms with Crippen molar-refractivity contribution in [3.63, 3.8) is 0 Å². The Morgan fingerprint density at radius 3 is 2.77 bits per heavy atom. The van der Waals surface area contributed by atoms with Crippen LogP contribution in [-0.2, 0) is 4.79 Å². The van der Waals surface area contributed by atoms with E-state index < -0.39 is 6.04 Å². The van der Waals surface area contributed by atoms with Gasteiger partial charge in [0, 0.05) is 16.4 Å². The van der Waals surface area contributed by atoms with E-state index in [2.05, 4.69) is 20.7 Å². The number of anilines is 2. The molecule has 130 valence electrons. The molecule has 0 unspecified atom stereocenters. The first-order valence-corrected chi connectivity index (χ1v) is 8.50. The lowest BCUT2D eigenvalue weighted by molar-refractivity contribution is -0.113. The minimum atomic E-state index is -0.420. The van der Waals surface area contributed by atoms with E-state index in [1.807, 2.05) is 55.5 Å². The van der Waals surface area contributed by atoms with Crippen molar-refractivity contribution in [1.82, 2.24) is 14.8 Å². The molecule has 3 aromatic rings. The van der Waals surface area contributed by atoms with Crippen LogP contribution in [-0.4, -0.2) is 20.7 Å². The number of benzene rings is 2. The number of nitrogens with zero attached hydrogens (tertiary/aromatic N) is 3. The summed E-state index contributed by atoms with van der Waals surface area (Å²) in [6.45, 7) is 1.86. The first-order valence-electron chi connectivity index (χ1n) is 8.12. The number of hydrogen-bond acceptors (Lipinski definition) is 4. The van der Waals surface area contributed by atoms with Crippen molar-refractivity contribution < 1.29 is 4.79 Å². The molecule has 0 aliphatic carbocycles. The molecule has 1 amide bonds. The van der Waals surface area contributed by atoms with E-state index in [0.29, 0.717) is 16.5 Å². The van der Waals surface area contributed by atoms with Gasteiger partial charge in [-0.1, -0.05) is 41.9 Å². The van der Waals surface area contributed by atoms with Gasteiger partial charge in [-0.2, -0.15) is 10.1 Å². The van der Waals surface area contributed by atoms with Gasteiger partial charge in [0.25, 0.3) is 5.91 Å². The topological polar surface area (TPSA) is 71.8 Å². The number of allylic oxidation sites excluding steroid dienone is 1. The highest BCUT2D eigenvalue weighted by molar-refractivity contribution is 6.30. The fourth-order valence-corrected chi connectivity index (χ4v) is 3.29. The molecular formula is C19H16ClN5O. The molecule has 2 N–H and O–H groups in total. The fourth-order valence-electron chi connectivity index (χ4n) is 3.09. The first-order chi connectivity index (χ1) is 12.6. The average Bonchev–Trinajstić information content (AvgIpc) is 3.09. The Labute approximate surface area is 155 Å². The molecule has 0 bridgehead atoms. The number of nitrogens with one attached hydrogen (secondary N) is 2. The lowest BCUT2D eigenvalue weighted by atomic mass is 9.95. The van der Waals surface area contributed by atoms with Crippen LogP contribution >= 0.6 is 11.6 Å². The number of para-hydroxylation sites is 1. The summed E-state index contributed by atoms with van der Waals surface area (Å²) in [4.78, 5) is 17.3. The second-order valence-corrected chi connectivity index (χ2v) is 6.41. The Kier molecular flexibility index (Phi) is 4.18. The summed E-state index contributed by atoms with van der Waals surface area (Å²) in [6, 6.07) is 16.4. The molecule has 1 aliphatic rings. The zero-order chi connectivity index (χ0) is 18.1. The van der Waals surface area contributed by atoms with Gasteiger partial charge in [0.2, 0.25) is 5.95 Å². The predicted molar refractivity (Wildman–Crippen MR) is 101 cm³/mol. The minimum Gasteiger partial charge on any atom is -0.328 e. The molecule has 1 atom stereocenters. The third kappa shape index (κ3) is 2.95. The second kappa shape index (κ2) is 6.65. The largest absolute Gasteiger partial charge is 0.328 e. The summed E-state index contributed by atoms with van der Waals surface area (Å²) in [7, 11) is 0. The molecule has 4 rings (SSSR count). The zero-order valence-electron chi connectivity index (χ0n) is 14.0. The molecular weight excluding hydrogens is 350 g/mol. The van der Waals surface area contributed by atoms with Crippen LogP contribution in [0.15, 0.2) is 72.2 Å². The Balaban J connectivity index is 1.78. The van der Waals surface area contributed by atoms with Crippen LogP contribution in [0.2, 0.25) is 5.02 Å². The van der Waals surface area contributed by atoms with E-state index in [-0.39, 0.29) is 5.91 Å². The van der Waals surface area contributed by atoms with Crippen molar-refractivity contribution >= 4 is 29.1 Å². The predicted octanol–water partition coefficient (Wildman–Crippen LogP) is 3.86. The van der Waals surface area contributed by atoms with Crippen molar-refractivity contribution in [2.45, 2.75) is 13.0 Å². The SMILES string of the molecule is CC1=C(C(=O)Nc2ccccc2)[C@H](c2cccc(Cl)c2)n2ncnc2N1. The summed E-state index contributed by atoms with van der Waals surface area (Å²) in [6.07, 6.45) is 1.46. The number of carbonyl (C=O) groups excluding carboxylic acids is 1. The van der Waals surface area contributed by atoms with Crippen LogP contribution in [0.4, 0.5) is 11.6 Å². The van der Waals surface area contributed by atoms with E-state index in [1.165, 1.54) is 6.33 Å². The van der Waals surface area contributed by atoms with Gasteiger partial charge in [-0.05, 0) is 36.8 Å². The summed E-state index contributed by atoms with van der Waals surface area (Å²) in [5.41, 5.74) is 2.88. The van der Waals surface area contributed by atoms with Gasteiger partial charge in [0.1, 0.15) is 12.4 Å². The van der Waals surface area contributed by atoms with Crippen LogP contribution in [0.1, 0.15) is 18.5 Å². The van der Waals surface area contributed by atoms with E-state index in [0.717, 1.165) is 16.9 Å². The highest BCUT2D eigenvalue weighted by Gasteiger charge is 2.33. The Morgan fingerprint density at radius 2 is 2.00 bits per heavy atom. The van der Waals surface area contributed by atoms with Crippen LogP contribution in [0.5, 0.6) is 0 Å². The smallest absolute Gasteiger partial charge is 0.255 e. The van der Waals surface area contributed by atoms with Gasteiger partial charge < -0.3 is 10.6 Å². The van der Waals surface area contributed by atoms with E-state index in [1.54, 1.807) is 10.7 Å². The van der Waals surface area contributed by atoms with Crippen molar-refractivity contribution in [2.75, 3.05) is 10.6 Å². The Bertz CT molecular complexity index is 996. The number of carbonyl (C=O) groups is 1. The number of halogens is 1. The third-order valence-electron chi connectivity index (χ3n) is 4.24. The molecule has 0 spiro atoms. The highest BCUT2D eigenvalue weighted by Crippen LogP contribution is 2.35. The normalized spacial score (nSPS) is 16.0. The lowest BCUT2D eigenvalue weighted by Crippen LogP contribution is -2.31. The molecule has 6 nitrogen and oxygen atoms in total. The molecule has 0 fully saturated rings. The standard InChI is InChI=1S/C19H16ClN5O/c1-12-16(18(26)24-15-8-3-2-4-9-15)17(13-6-5-7-14(20)10-13)25-19(23-12)21-11-22-25/h2-11,17H,1H3,(H,24,26)(H,21,22,23)/t17-/m0/s1. The maximum absolute atomic E-state index is 13.1. The quantitative estimate of drug-likeness (QED) is 0.739. The van der Waals surface area contributed by atoms with Crippen molar-refractivity contribution in [1.29, 1.82) is 0 Å². The van der Waals surface area contributed by atoms with Gasteiger partial charge in [0.15, 0.2) is 0 Å². The molecule has 7 heteroatoms. The van der Waals surface area contributed by atoms with Crippen LogP contribution in [0.3, 0.4) is 0 Å². The number of fused-ring (bicyclic) bond motifs is 1. The molecule has 2 aromatic carbocycles. The minimum absolute atomic E-state index is 0.202. The maximum Gasteiger partial charge on any atom is 0.255 e. The number of rotatable bonds is 3. The van der Waals surface area contributed by atoms with Crippen molar-refractivity contribution in [3.8, 4) is 0 Å². The molecule has 2 heterocycles. The summed E-state index contributed by atoms with van der Waals surface area (Å²) >= 11 is 6.18. The maximum atomic E-state index is 13.1. The van der Waals surface area contributed by atoms with Crippen LogP contribution in [0.25, 0.3) is 0 Å². The van der Waals surface area contributed by atoms with Gasteiger partial charge in [-0.3, -0.25) is 4.79 Å². The summed E-state index contributed by atoms with van der Waals surface area (Å²) in [5.74, 6) is 0.385. The monoisotopic (exact) mass is 365 g/mol. The molecule has 0 saturated heterocycles. The van der Waals surface area contributed by atoms with Crippen molar-refractivity contribution in [2.24, 2.45) is 0 Å². The van der Waals surface area contributed by atoms with E-state index in [9.17, 15) is 4.79 Å². The summed E-state index contributed by atoms with van der Waals surface area (Å²) in [5, 5.41) is 11.0. The lowest BCUT2D eigenvalue weighted by Gasteiger charge is -2.28.